The molecule has 0 saturated carbocycles. The van der Waals surface area contributed by atoms with E-state index in [1.165, 1.54) is 0 Å². The third kappa shape index (κ3) is 2.76. The fourth-order valence-corrected chi connectivity index (χ4v) is 1.41. The topological polar surface area (TPSA) is 59.1 Å². The average Bonchev–Trinajstić information content (AvgIpc) is 2.04. The Balaban J connectivity index is 2.93. The Morgan fingerprint density at radius 1 is 1.69 bits per heavy atom. The Bertz CT molecular complexity index is 289. The molecule has 0 aliphatic heterocycles. The number of aromatic nitrogens is 1. The van der Waals surface area contributed by atoms with E-state index in [2.05, 4.69) is 20.9 Å². The van der Waals surface area contributed by atoms with Gasteiger partial charge in [-0.1, -0.05) is 15.9 Å². The molecule has 0 amide bonds. The third-order valence-electron chi connectivity index (χ3n) is 1.94. The fraction of sp³-hybridized carbons (Fsp3) is 0.444. The maximum Gasteiger partial charge on any atom is 0.0611 e. The van der Waals surface area contributed by atoms with E-state index >= 15 is 0 Å². The molecular weight excluding hydrogens is 232 g/mol. The summed E-state index contributed by atoms with van der Waals surface area (Å²) in [6.07, 6.45) is 2.21. The van der Waals surface area contributed by atoms with Crippen LogP contribution in [-0.4, -0.2) is 16.7 Å². The summed E-state index contributed by atoms with van der Waals surface area (Å²) < 4.78 is 0.951. The second-order valence-electron chi connectivity index (χ2n) is 3.25. The van der Waals surface area contributed by atoms with E-state index in [9.17, 15) is 0 Å². The van der Waals surface area contributed by atoms with Crippen LogP contribution < -0.4 is 5.73 Å². The molecule has 1 heterocycles. The molecule has 3 N–H and O–H groups in total. The highest BCUT2D eigenvalue weighted by atomic mass is 79.9. The number of nitrogens with two attached hydrogens (primary N) is 1. The molecule has 1 rings (SSSR count). The van der Waals surface area contributed by atoms with Crippen molar-refractivity contribution in [2.24, 2.45) is 5.73 Å². The average molecular weight is 245 g/mol. The van der Waals surface area contributed by atoms with Gasteiger partial charge in [-0.15, -0.1) is 0 Å². The van der Waals surface area contributed by atoms with Gasteiger partial charge in [-0.2, -0.15) is 0 Å². The normalized spacial score (nSPS) is 15.4. The summed E-state index contributed by atoms with van der Waals surface area (Å²) in [6, 6.07) is 3.72. The lowest BCUT2D eigenvalue weighted by Gasteiger charge is -2.22. The van der Waals surface area contributed by atoms with Crippen LogP contribution in [0.15, 0.2) is 22.8 Å². The Labute approximate surface area is 86.1 Å². The van der Waals surface area contributed by atoms with Crippen LogP contribution in [0.4, 0.5) is 0 Å². The van der Waals surface area contributed by atoms with Gasteiger partial charge in [-0.25, -0.2) is 0 Å². The SMILES string of the molecule is CC(N)(CCO)c1cc(Br)ccn1. The van der Waals surface area contributed by atoms with Gasteiger partial charge in [0.2, 0.25) is 0 Å². The van der Waals surface area contributed by atoms with Crippen LogP contribution in [0.3, 0.4) is 0 Å². The third-order valence-corrected chi connectivity index (χ3v) is 2.43. The van der Waals surface area contributed by atoms with Crippen LogP contribution >= 0.6 is 15.9 Å². The van der Waals surface area contributed by atoms with Gasteiger partial charge in [0.1, 0.15) is 0 Å². The van der Waals surface area contributed by atoms with Gasteiger partial charge < -0.3 is 10.8 Å². The first-order chi connectivity index (χ1) is 6.06. The first-order valence-corrected chi connectivity index (χ1v) is 4.87. The lowest BCUT2D eigenvalue weighted by molar-refractivity contribution is 0.245. The highest BCUT2D eigenvalue weighted by molar-refractivity contribution is 9.10. The molecule has 0 bridgehead atoms. The molecular formula is C9H13BrN2O. The van der Waals surface area contributed by atoms with Gasteiger partial charge in [0.05, 0.1) is 11.2 Å². The predicted octanol–water partition coefficient (Wildman–Crippen LogP) is 1.40. The molecule has 3 nitrogen and oxygen atoms in total. The number of hydrogen-bond acceptors (Lipinski definition) is 3. The van der Waals surface area contributed by atoms with E-state index in [4.69, 9.17) is 10.8 Å². The highest BCUT2D eigenvalue weighted by Crippen LogP contribution is 2.21. The van der Waals surface area contributed by atoms with Crippen molar-refractivity contribution in [3.8, 4) is 0 Å². The molecule has 0 fully saturated rings. The summed E-state index contributed by atoms with van der Waals surface area (Å²) in [5.74, 6) is 0. The first kappa shape index (κ1) is 10.6. The van der Waals surface area contributed by atoms with Gasteiger partial charge in [0.15, 0.2) is 0 Å². The van der Waals surface area contributed by atoms with E-state index < -0.39 is 5.54 Å². The predicted molar refractivity (Wildman–Crippen MR) is 55.2 cm³/mol. The zero-order valence-electron chi connectivity index (χ0n) is 7.50. The molecule has 0 radical (unpaired) electrons. The summed E-state index contributed by atoms with van der Waals surface area (Å²) in [7, 11) is 0. The minimum absolute atomic E-state index is 0.0706. The van der Waals surface area contributed by atoms with Crippen LogP contribution in [0, 0.1) is 0 Å². The Morgan fingerprint density at radius 2 is 2.38 bits per heavy atom. The lowest BCUT2D eigenvalue weighted by atomic mass is 9.95. The van der Waals surface area contributed by atoms with E-state index in [1.807, 2.05) is 19.1 Å². The van der Waals surface area contributed by atoms with Gasteiger partial charge in [0, 0.05) is 17.3 Å². The molecule has 72 valence electrons. The van der Waals surface area contributed by atoms with Gasteiger partial charge in [-0.3, -0.25) is 4.98 Å². The number of nitrogens with zero attached hydrogens (tertiary/aromatic N) is 1. The molecule has 0 aliphatic carbocycles. The number of rotatable bonds is 3. The summed E-state index contributed by atoms with van der Waals surface area (Å²) in [5, 5.41) is 8.81. The van der Waals surface area contributed by atoms with E-state index in [0.717, 1.165) is 10.2 Å². The summed E-state index contributed by atoms with van der Waals surface area (Å²) in [5.41, 5.74) is 6.20. The van der Waals surface area contributed by atoms with Crippen molar-refractivity contribution in [2.45, 2.75) is 18.9 Å². The van der Waals surface area contributed by atoms with Crippen molar-refractivity contribution < 1.29 is 5.11 Å². The number of aliphatic hydroxyl groups is 1. The van der Waals surface area contributed by atoms with Crippen LogP contribution in [0.1, 0.15) is 19.0 Å². The Hall–Kier alpha value is -0.450. The molecule has 1 unspecified atom stereocenters. The molecule has 0 saturated heterocycles. The minimum atomic E-state index is -0.557. The van der Waals surface area contributed by atoms with Crippen molar-refractivity contribution in [2.75, 3.05) is 6.61 Å². The van der Waals surface area contributed by atoms with Crippen LogP contribution in [-0.2, 0) is 5.54 Å². The Kier molecular flexibility index (Phi) is 3.41. The maximum absolute atomic E-state index is 8.81. The zero-order chi connectivity index (χ0) is 9.90. The van der Waals surface area contributed by atoms with E-state index in [-0.39, 0.29) is 6.61 Å². The fourth-order valence-electron chi connectivity index (χ4n) is 1.08. The van der Waals surface area contributed by atoms with Gasteiger partial charge in [0.25, 0.3) is 0 Å². The number of pyridine rings is 1. The molecule has 4 heteroatoms. The van der Waals surface area contributed by atoms with Gasteiger partial charge >= 0.3 is 0 Å². The van der Waals surface area contributed by atoms with Crippen LogP contribution in [0.25, 0.3) is 0 Å². The number of halogens is 1. The smallest absolute Gasteiger partial charge is 0.0611 e. The summed E-state index contributed by atoms with van der Waals surface area (Å²) in [6.45, 7) is 1.93. The molecule has 1 aromatic heterocycles. The second-order valence-corrected chi connectivity index (χ2v) is 4.17. The van der Waals surface area contributed by atoms with Crippen molar-refractivity contribution in [3.05, 3.63) is 28.5 Å². The van der Waals surface area contributed by atoms with Crippen molar-refractivity contribution in [1.29, 1.82) is 0 Å². The van der Waals surface area contributed by atoms with Crippen molar-refractivity contribution in [3.63, 3.8) is 0 Å². The van der Waals surface area contributed by atoms with Crippen molar-refractivity contribution >= 4 is 15.9 Å². The van der Waals surface area contributed by atoms with Crippen molar-refractivity contribution in [1.82, 2.24) is 4.98 Å². The molecule has 1 atom stereocenters. The van der Waals surface area contributed by atoms with E-state index in [0.29, 0.717) is 6.42 Å². The standard InChI is InChI=1S/C9H13BrN2O/c1-9(11,3-5-13)8-6-7(10)2-4-12-8/h2,4,6,13H,3,5,11H2,1H3. The quantitative estimate of drug-likeness (QED) is 0.846. The molecule has 13 heavy (non-hydrogen) atoms. The minimum Gasteiger partial charge on any atom is -0.396 e. The van der Waals surface area contributed by atoms with E-state index in [1.54, 1.807) is 6.20 Å². The molecule has 1 aromatic rings. The van der Waals surface area contributed by atoms with Crippen LogP contribution in [0.5, 0.6) is 0 Å². The monoisotopic (exact) mass is 244 g/mol. The van der Waals surface area contributed by atoms with Crippen LogP contribution in [0.2, 0.25) is 0 Å². The molecule has 0 aromatic carbocycles. The molecule has 0 aliphatic rings. The van der Waals surface area contributed by atoms with Gasteiger partial charge in [-0.05, 0) is 25.5 Å². The zero-order valence-corrected chi connectivity index (χ0v) is 9.08. The number of hydrogen-bond donors (Lipinski definition) is 2. The number of aliphatic hydroxyl groups excluding tert-OH is 1. The largest absolute Gasteiger partial charge is 0.396 e. The second kappa shape index (κ2) is 4.17. The highest BCUT2D eigenvalue weighted by Gasteiger charge is 2.21. The lowest BCUT2D eigenvalue weighted by Crippen LogP contribution is -2.34. The Morgan fingerprint density at radius 3 is 2.92 bits per heavy atom. The summed E-state index contributed by atoms with van der Waals surface area (Å²) in [4.78, 5) is 4.16. The maximum atomic E-state index is 8.81. The molecule has 0 spiro atoms. The summed E-state index contributed by atoms with van der Waals surface area (Å²) >= 11 is 3.35. The first-order valence-electron chi connectivity index (χ1n) is 4.08.